The average molecular weight is 371 g/mol. The molecule has 0 unspecified atom stereocenters. The molecular formula is C15H9ClF2N2O3S. The van der Waals surface area contributed by atoms with Crippen molar-refractivity contribution in [1.82, 2.24) is 0 Å². The van der Waals surface area contributed by atoms with E-state index in [1.165, 1.54) is 18.2 Å². The van der Waals surface area contributed by atoms with E-state index >= 15 is 0 Å². The molecule has 9 heteroatoms. The Kier molecular flexibility index (Phi) is 5.17. The number of benzene rings is 2. The summed E-state index contributed by atoms with van der Waals surface area (Å²) < 4.78 is 47.5. The van der Waals surface area contributed by atoms with Crippen LogP contribution in [0.25, 0.3) is 0 Å². The van der Waals surface area contributed by atoms with Gasteiger partial charge in [-0.2, -0.15) is 14.0 Å². The summed E-state index contributed by atoms with van der Waals surface area (Å²) in [4.78, 5) is 11.5. The number of alkyl halides is 2. The number of rotatable bonds is 4. The van der Waals surface area contributed by atoms with E-state index in [1.54, 1.807) is 0 Å². The van der Waals surface area contributed by atoms with Crippen molar-refractivity contribution >= 4 is 33.0 Å². The van der Waals surface area contributed by atoms with Crippen molar-refractivity contribution in [2.75, 3.05) is 5.32 Å². The van der Waals surface area contributed by atoms with Crippen LogP contribution in [0, 0.1) is 11.3 Å². The van der Waals surface area contributed by atoms with Crippen LogP contribution in [0.2, 0.25) is 5.02 Å². The fourth-order valence-electron chi connectivity index (χ4n) is 1.79. The van der Waals surface area contributed by atoms with E-state index in [4.69, 9.17) is 16.9 Å². The van der Waals surface area contributed by atoms with E-state index in [0.29, 0.717) is 5.69 Å². The molecule has 0 aliphatic carbocycles. The Hall–Kier alpha value is -2.50. The van der Waals surface area contributed by atoms with Gasteiger partial charge in [-0.25, -0.2) is 8.42 Å². The van der Waals surface area contributed by atoms with E-state index in [2.05, 4.69) is 5.32 Å². The SMILES string of the molecule is N#Cc1ccc(NC(=O)c2ccc(S(=O)(=O)C(F)F)cc2)cc1Cl. The Balaban J connectivity index is 2.19. The third-order valence-electron chi connectivity index (χ3n) is 3.03. The van der Waals surface area contributed by atoms with Crippen LogP contribution in [0.15, 0.2) is 47.4 Å². The predicted molar refractivity (Wildman–Crippen MR) is 83.8 cm³/mol. The fraction of sp³-hybridized carbons (Fsp3) is 0.0667. The van der Waals surface area contributed by atoms with Crippen molar-refractivity contribution in [3.05, 3.63) is 58.6 Å². The van der Waals surface area contributed by atoms with Gasteiger partial charge >= 0.3 is 5.76 Å². The second-order valence-corrected chi connectivity index (χ2v) is 6.92. The molecule has 0 atom stereocenters. The average Bonchev–Trinajstić information content (AvgIpc) is 2.55. The summed E-state index contributed by atoms with van der Waals surface area (Å²) in [6.45, 7) is 0. The molecule has 0 spiro atoms. The first-order chi connectivity index (χ1) is 11.3. The monoisotopic (exact) mass is 370 g/mol. The lowest BCUT2D eigenvalue weighted by Crippen LogP contribution is -2.14. The first-order valence-corrected chi connectivity index (χ1v) is 8.31. The number of anilines is 1. The number of hydrogen-bond acceptors (Lipinski definition) is 4. The van der Waals surface area contributed by atoms with E-state index < -0.39 is 26.4 Å². The third kappa shape index (κ3) is 3.69. The highest BCUT2D eigenvalue weighted by Crippen LogP contribution is 2.22. The smallest absolute Gasteiger partial charge is 0.322 e. The molecule has 0 aliphatic rings. The number of carbonyl (C=O) groups is 1. The van der Waals surface area contributed by atoms with Crippen LogP contribution in [0.4, 0.5) is 14.5 Å². The molecule has 0 radical (unpaired) electrons. The van der Waals surface area contributed by atoms with Crippen LogP contribution >= 0.6 is 11.6 Å². The quantitative estimate of drug-likeness (QED) is 0.892. The van der Waals surface area contributed by atoms with Crippen LogP contribution in [-0.4, -0.2) is 20.1 Å². The predicted octanol–water partition coefficient (Wildman–Crippen LogP) is 3.46. The molecule has 1 amide bonds. The van der Waals surface area contributed by atoms with Crippen LogP contribution in [0.3, 0.4) is 0 Å². The number of sulfone groups is 1. The zero-order valence-electron chi connectivity index (χ0n) is 11.8. The number of hydrogen-bond donors (Lipinski definition) is 1. The number of amides is 1. The number of halogens is 3. The fourth-order valence-corrected chi connectivity index (χ4v) is 2.73. The van der Waals surface area contributed by atoms with Gasteiger partial charge in [0, 0.05) is 11.3 Å². The van der Waals surface area contributed by atoms with Crippen LogP contribution in [-0.2, 0) is 9.84 Å². The maximum Gasteiger partial charge on any atom is 0.341 e. The van der Waals surface area contributed by atoms with Gasteiger partial charge in [-0.05, 0) is 42.5 Å². The zero-order valence-corrected chi connectivity index (χ0v) is 13.4. The van der Waals surface area contributed by atoms with Crippen molar-refractivity contribution in [3.63, 3.8) is 0 Å². The Bertz CT molecular complexity index is 923. The van der Waals surface area contributed by atoms with Crippen LogP contribution < -0.4 is 5.32 Å². The molecule has 5 nitrogen and oxygen atoms in total. The highest BCUT2D eigenvalue weighted by molar-refractivity contribution is 7.91. The molecule has 2 rings (SSSR count). The van der Waals surface area contributed by atoms with E-state index in [1.807, 2.05) is 6.07 Å². The second-order valence-electron chi connectivity index (χ2n) is 4.59. The maximum atomic E-state index is 12.4. The first kappa shape index (κ1) is 17.8. The van der Waals surface area contributed by atoms with Gasteiger partial charge in [-0.15, -0.1) is 0 Å². The van der Waals surface area contributed by atoms with E-state index in [-0.39, 0.29) is 16.1 Å². The third-order valence-corrected chi connectivity index (χ3v) is 4.74. The van der Waals surface area contributed by atoms with Crippen molar-refractivity contribution in [1.29, 1.82) is 5.26 Å². The van der Waals surface area contributed by atoms with Gasteiger partial charge in [0.1, 0.15) is 6.07 Å². The lowest BCUT2D eigenvalue weighted by molar-refractivity contribution is 0.102. The molecule has 2 aromatic rings. The Morgan fingerprint density at radius 2 is 1.79 bits per heavy atom. The molecule has 24 heavy (non-hydrogen) atoms. The lowest BCUT2D eigenvalue weighted by Gasteiger charge is -2.07. The lowest BCUT2D eigenvalue weighted by atomic mass is 10.2. The van der Waals surface area contributed by atoms with E-state index in [0.717, 1.165) is 24.3 Å². The van der Waals surface area contributed by atoms with Crippen molar-refractivity contribution in [2.24, 2.45) is 0 Å². The Morgan fingerprint density at radius 3 is 2.29 bits per heavy atom. The molecule has 0 aliphatic heterocycles. The maximum absolute atomic E-state index is 12.4. The van der Waals surface area contributed by atoms with Gasteiger partial charge < -0.3 is 5.32 Å². The summed E-state index contributed by atoms with van der Waals surface area (Å²) in [6.07, 6.45) is 0. The molecule has 0 saturated carbocycles. The van der Waals surface area contributed by atoms with Gasteiger partial charge in [0.05, 0.1) is 15.5 Å². The second kappa shape index (κ2) is 6.95. The number of nitriles is 1. The summed E-state index contributed by atoms with van der Waals surface area (Å²) in [5.74, 6) is -4.12. The van der Waals surface area contributed by atoms with E-state index in [9.17, 15) is 22.0 Å². The van der Waals surface area contributed by atoms with Crippen LogP contribution in [0.5, 0.6) is 0 Å². The highest BCUT2D eigenvalue weighted by atomic mass is 35.5. The molecule has 0 bridgehead atoms. The highest BCUT2D eigenvalue weighted by Gasteiger charge is 2.26. The minimum absolute atomic E-state index is 0.0729. The van der Waals surface area contributed by atoms with Gasteiger partial charge in [0.15, 0.2) is 0 Å². The number of carbonyl (C=O) groups excluding carboxylic acids is 1. The van der Waals surface area contributed by atoms with Crippen molar-refractivity contribution < 1.29 is 22.0 Å². The standard InChI is InChI=1S/C15H9ClF2N2O3S/c16-13-7-11(4-1-10(13)8-19)20-14(21)9-2-5-12(6-3-9)24(22,23)15(17)18/h1-7,15H,(H,20,21). The molecular weight excluding hydrogens is 362 g/mol. The summed E-state index contributed by atoms with van der Waals surface area (Å²) in [7, 11) is -4.70. The van der Waals surface area contributed by atoms with Gasteiger partial charge in [0.25, 0.3) is 5.91 Å². The molecule has 0 saturated heterocycles. The Morgan fingerprint density at radius 1 is 1.17 bits per heavy atom. The molecule has 0 heterocycles. The van der Waals surface area contributed by atoms with Gasteiger partial charge in [0.2, 0.25) is 9.84 Å². The molecule has 1 N–H and O–H groups in total. The van der Waals surface area contributed by atoms with Crippen molar-refractivity contribution in [3.8, 4) is 6.07 Å². The minimum Gasteiger partial charge on any atom is -0.322 e. The molecule has 0 fully saturated rings. The largest absolute Gasteiger partial charge is 0.341 e. The normalized spacial score (nSPS) is 11.1. The molecule has 124 valence electrons. The minimum atomic E-state index is -4.70. The van der Waals surface area contributed by atoms with Crippen LogP contribution in [0.1, 0.15) is 15.9 Å². The van der Waals surface area contributed by atoms with Gasteiger partial charge in [-0.1, -0.05) is 11.6 Å². The topological polar surface area (TPSA) is 87.0 Å². The first-order valence-electron chi connectivity index (χ1n) is 6.39. The zero-order chi connectivity index (χ0) is 17.9. The Labute approximate surface area is 141 Å². The molecule has 0 aromatic heterocycles. The number of nitrogens with one attached hydrogen (secondary N) is 1. The summed E-state index contributed by atoms with van der Waals surface area (Å²) >= 11 is 5.85. The summed E-state index contributed by atoms with van der Waals surface area (Å²) in [6, 6.07) is 10.3. The summed E-state index contributed by atoms with van der Waals surface area (Å²) in [5, 5.41) is 11.4. The number of nitrogens with zero attached hydrogens (tertiary/aromatic N) is 1. The van der Waals surface area contributed by atoms with Crippen molar-refractivity contribution in [2.45, 2.75) is 10.7 Å². The summed E-state index contributed by atoms with van der Waals surface area (Å²) in [5.41, 5.74) is 0.646. The van der Waals surface area contributed by atoms with Gasteiger partial charge in [-0.3, -0.25) is 4.79 Å². The molecule has 2 aromatic carbocycles.